The van der Waals surface area contributed by atoms with Gasteiger partial charge in [-0.15, -0.1) is 0 Å². The SMILES string of the molecule is COc1ccc2c(c1)[C@H](NC(=O)/C=C/c1ccc(F)cc1)CC(C)(C)O2. The minimum atomic E-state index is -0.389. The predicted octanol–water partition coefficient (Wildman–Crippen LogP) is 4.27. The number of carbonyl (C=O) groups is 1. The maximum atomic E-state index is 12.9. The molecule has 0 saturated heterocycles. The first kappa shape index (κ1) is 18.0. The normalized spacial score (nSPS) is 18.1. The van der Waals surface area contributed by atoms with Crippen molar-refractivity contribution in [3.05, 3.63) is 65.5 Å². The zero-order chi connectivity index (χ0) is 18.7. The molecule has 0 aliphatic carbocycles. The molecule has 1 aliphatic heterocycles. The minimum absolute atomic E-state index is 0.186. The van der Waals surface area contributed by atoms with Crippen molar-refractivity contribution in [3.63, 3.8) is 0 Å². The van der Waals surface area contributed by atoms with Gasteiger partial charge >= 0.3 is 0 Å². The molecule has 0 bridgehead atoms. The fourth-order valence-corrected chi connectivity index (χ4v) is 3.05. The summed E-state index contributed by atoms with van der Waals surface area (Å²) in [4.78, 5) is 12.4. The second-order valence-corrected chi connectivity index (χ2v) is 6.92. The molecule has 0 saturated carbocycles. The summed E-state index contributed by atoms with van der Waals surface area (Å²) in [5, 5.41) is 3.03. The van der Waals surface area contributed by atoms with E-state index in [2.05, 4.69) is 5.32 Å². The Labute approximate surface area is 152 Å². The van der Waals surface area contributed by atoms with Crippen LogP contribution in [-0.4, -0.2) is 18.6 Å². The van der Waals surface area contributed by atoms with Gasteiger partial charge in [-0.2, -0.15) is 0 Å². The summed E-state index contributed by atoms with van der Waals surface area (Å²) in [5.41, 5.74) is 1.27. The Morgan fingerprint density at radius 3 is 2.69 bits per heavy atom. The molecule has 1 heterocycles. The molecule has 26 heavy (non-hydrogen) atoms. The molecule has 0 unspecified atom stereocenters. The molecule has 1 atom stereocenters. The Balaban J connectivity index is 1.78. The molecule has 1 N–H and O–H groups in total. The number of carbonyl (C=O) groups excluding carboxylic acids is 1. The van der Waals surface area contributed by atoms with Gasteiger partial charge in [-0.3, -0.25) is 4.79 Å². The number of hydrogen-bond acceptors (Lipinski definition) is 3. The Hall–Kier alpha value is -2.82. The van der Waals surface area contributed by atoms with Gasteiger partial charge in [0.25, 0.3) is 0 Å². The molecule has 2 aromatic carbocycles. The molecular weight excluding hydrogens is 333 g/mol. The van der Waals surface area contributed by atoms with Crippen LogP contribution in [0.1, 0.15) is 37.4 Å². The van der Waals surface area contributed by atoms with Crippen molar-refractivity contribution < 1.29 is 18.7 Å². The fourth-order valence-electron chi connectivity index (χ4n) is 3.05. The molecule has 1 amide bonds. The van der Waals surface area contributed by atoms with Crippen molar-refractivity contribution >= 4 is 12.0 Å². The van der Waals surface area contributed by atoms with Crippen LogP contribution in [-0.2, 0) is 4.79 Å². The number of hydrogen-bond donors (Lipinski definition) is 1. The Morgan fingerprint density at radius 1 is 1.27 bits per heavy atom. The second-order valence-electron chi connectivity index (χ2n) is 6.92. The van der Waals surface area contributed by atoms with Crippen molar-refractivity contribution in [3.8, 4) is 11.5 Å². The van der Waals surface area contributed by atoms with Crippen molar-refractivity contribution in [2.45, 2.75) is 31.9 Å². The molecule has 0 fully saturated rings. The lowest BCUT2D eigenvalue weighted by atomic mass is 9.89. The number of amides is 1. The first-order valence-electron chi connectivity index (χ1n) is 8.47. The first-order valence-corrected chi connectivity index (χ1v) is 8.47. The summed E-state index contributed by atoms with van der Waals surface area (Å²) >= 11 is 0. The maximum absolute atomic E-state index is 12.9. The van der Waals surface area contributed by atoms with Crippen LogP contribution in [0.2, 0.25) is 0 Å². The summed E-state index contributed by atoms with van der Waals surface area (Å²) in [7, 11) is 1.61. The Kier molecular flexibility index (Phi) is 4.98. The molecule has 5 heteroatoms. The first-order chi connectivity index (χ1) is 12.4. The highest BCUT2D eigenvalue weighted by Gasteiger charge is 2.34. The number of ether oxygens (including phenoxy) is 2. The maximum Gasteiger partial charge on any atom is 0.244 e. The van der Waals surface area contributed by atoms with E-state index in [1.54, 1.807) is 25.3 Å². The molecule has 136 valence electrons. The smallest absolute Gasteiger partial charge is 0.244 e. The summed E-state index contributed by atoms with van der Waals surface area (Å²) in [5.74, 6) is 0.940. The number of nitrogens with one attached hydrogen (secondary N) is 1. The van der Waals surface area contributed by atoms with Crippen molar-refractivity contribution in [2.75, 3.05) is 7.11 Å². The quantitative estimate of drug-likeness (QED) is 0.834. The molecule has 3 rings (SSSR count). The van der Waals surface area contributed by atoms with E-state index in [4.69, 9.17) is 9.47 Å². The lowest BCUT2D eigenvalue weighted by molar-refractivity contribution is -0.117. The lowest BCUT2D eigenvalue weighted by Gasteiger charge is -2.37. The predicted molar refractivity (Wildman–Crippen MR) is 98.6 cm³/mol. The molecular formula is C21H22FNO3. The van der Waals surface area contributed by atoms with Crippen LogP contribution < -0.4 is 14.8 Å². The van der Waals surface area contributed by atoms with Gasteiger partial charge in [0.05, 0.1) is 13.2 Å². The van der Waals surface area contributed by atoms with Gasteiger partial charge in [-0.1, -0.05) is 12.1 Å². The van der Waals surface area contributed by atoms with Crippen LogP contribution in [0.5, 0.6) is 11.5 Å². The Bertz CT molecular complexity index is 828. The summed E-state index contributed by atoms with van der Waals surface area (Å²) in [6.45, 7) is 3.99. The van der Waals surface area contributed by atoms with Gasteiger partial charge in [0.1, 0.15) is 22.9 Å². The number of benzene rings is 2. The number of fused-ring (bicyclic) bond motifs is 1. The minimum Gasteiger partial charge on any atom is -0.497 e. The molecule has 0 aromatic heterocycles. The van der Waals surface area contributed by atoms with Crippen molar-refractivity contribution in [1.82, 2.24) is 5.32 Å². The number of halogens is 1. The third-order valence-electron chi connectivity index (χ3n) is 4.29. The monoisotopic (exact) mass is 355 g/mol. The second kappa shape index (κ2) is 7.20. The van der Waals surface area contributed by atoms with Crippen LogP contribution >= 0.6 is 0 Å². The number of methoxy groups -OCH3 is 1. The highest BCUT2D eigenvalue weighted by Crippen LogP contribution is 2.41. The van der Waals surface area contributed by atoms with Crippen LogP contribution in [0.25, 0.3) is 6.08 Å². The van der Waals surface area contributed by atoms with Gasteiger partial charge in [-0.05, 0) is 55.8 Å². The number of rotatable bonds is 4. The van der Waals surface area contributed by atoms with E-state index in [1.165, 1.54) is 18.2 Å². The van der Waals surface area contributed by atoms with Crippen LogP contribution in [0, 0.1) is 5.82 Å². The van der Waals surface area contributed by atoms with E-state index in [0.717, 1.165) is 16.9 Å². The van der Waals surface area contributed by atoms with Gasteiger partial charge in [0.2, 0.25) is 5.91 Å². The van der Waals surface area contributed by atoms with Gasteiger partial charge < -0.3 is 14.8 Å². The summed E-state index contributed by atoms with van der Waals surface area (Å²) < 4.78 is 24.2. The molecule has 4 nitrogen and oxygen atoms in total. The van der Waals surface area contributed by atoms with Crippen LogP contribution in [0.15, 0.2) is 48.5 Å². The molecule has 0 spiro atoms. The molecule has 2 aromatic rings. The third-order valence-corrected chi connectivity index (χ3v) is 4.29. The Morgan fingerprint density at radius 2 is 2.00 bits per heavy atom. The van der Waals surface area contributed by atoms with Gasteiger partial charge in [0, 0.05) is 18.1 Å². The topological polar surface area (TPSA) is 47.6 Å². The average Bonchev–Trinajstić information content (AvgIpc) is 2.60. The summed E-state index contributed by atoms with van der Waals surface area (Å²) in [6.07, 6.45) is 3.75. The zero-order valence-electron chi connectivity index (χ0n) is 15.1. The van der Waals surface area contributed by atoms with Crippen LogP contribution in [0.4, 0.5) is 4.39 Å². The van der Waals surface area contributed by atoms with E-state index in [1.807, 2.05) is 32.0 Å². The van der Waals surface area contributed by atoms with E-state index < -0.39 is 0 Å². The van der Waals surface area contributed by atoms with E-state index in [9.17, 15) is 9.18 Å². The third kappa shape index (κ3) is 4.23. The highest BCUT2D eigenvalue weighted by molar-refractivity contribution is 5.92. The van der Waals surface area contributed by atoms with Crippen molar-refractivity contribution in [2.24, 2.45) is 0 Å². The molecule has 1 aliphatic rings. The van der Waals surface area contributed by atoms with Crippen molar-refractivity contribution in [1.29, 1.82) is 0 Å². The van der Waals surface area contributed by atoms with Gasteiger partial charge in [-0.25, -0.2) is 4.39 Å². The molecule has 0 radical (unpaired) electrons. The largest absolute Gasteiger partial charge is 0.497 e. The van der Waals surface area contributed by atoms with E-state index >= 15 is 0 Å². The summed E-state index contributed by atoms with van der Waals surface area (Å²) in [6, 6.07) is 11.4. The zero-order valence-corrected chi connectivity index (χ0v) is 15.1. The highest BCUT2D eigenvalue weighted by atomic mass is 19.1. The van der Waals surface area contributed by atoms with Gasteiger partial charge in [0.15, 0.2) is 0 Å². The average molecular weight is 355 g/mol. The fraction of sp³-hybridized carbons (Fsp3) is 0.286. The standard InChI is InChI=1S/C21H22FNO3/c1-21(2)13-18(17-12-16(25-3)9-10-19(17)26-21)23-20(24)11-6-14-4-7-15(22)8-5-14/h4-12,18H,13H2,1-3H3,(H,23,24)/b11-6+/t18-/m1/s1. The van der Waals surface area contributed by atoms with E-state index in [-0.39, 0.29) is 23.4 Å². The lowest BCUT2D eigenvalue weighted by Crippen LogP contribution is -2.40. The van der Waals surface area contributed by atoms with E-state index in [0.29, 0.717) is 12.2 Å². The van der Waals surface area contributed by atoms with Crippen LogP contribution in [0.3, 0.4) is 0 Å².